The Kier molecular flexibility index (Phi) is 4.79. The van der Waals surface area contributed by atoms with Gasteiger partial charge in [-0.05, 0) is 23.6 Å². The molecule has 3 N–H and O–H groups in total. The summed E-state index contributed by atoms with van der Waals surface area (Å²) in [4.78, 5) is 27.4. The summed E-state index contributed by atoms with van der Waals surface area (Å²) < 4.78 is 1.48. The summed E-state index contributed by atoms with van der Waals surface area (Å²) in [5.41, 5.74) is 2.92. The lowest BCUT2D eigenvalue weighted by atomic mass is 10.0. The third-order valence-electron chi connectivity index (χ3n) is 4.43. The van der Waals surface area contributed by atoms with Crippen molar-refractivity contribution in [3.05, 3.63) is 53.5 Å². The summed E-state index contributed by atoms with van der Waals surface area (Å²) in [5, 5.41) is 17.4. The van der Waals surface area contributed by atoms with E-state index in [1.807, 2.05) is 38.1 Å². The van der Waals surface area contributed by atoms with Crippen LogP contribution in [0.2, 0.25) is 0 Å². The number of para-hydroxylation sites is 1. The number of aryl methyl sites for hydroxylation is 1. The number of amides is 1. The van der Waals surface area contributed by atoms with Gasteiger partial charge in [0.25, 0.3) is 5.91 Å². The Morgan fingerprint density at radius 1 is 1.31 bits per heavy atom. The maximum atomic E-state index is 12.6. The van der Waals surface area contributed by atoms with Gasteiger partial charge in [0, 0.05) is 30.6 Å². The van der Waals surface area contributed by atoms with Crippen LogP contribution in [0, 0.1) is 0 Å². The zero-order valence-electron chi connectivity index (χ0n) is 15.0. The van der Waals surface area contributed by atoms with Crippen LogP contribution in [0.25, 0.3) is 10.9 Å². The molecule has 2 heterocycles. The van der Waals surface area contributed by atoms with Crippen molar-refractivity contribution in [2.75, 3.05) is 0 Å². The van der Waals surface area contributed by atoms with Crippen LogP contribution in [0.15, 0.2) is 36.5 Å². The fourth-order valence-corrected chi connectivity index (χ4v) is 2.94. The van der Waals surface area contributed by atoms with Gasteiger partial charge in [0.05, 0.1) is 5.69 Å². The standard InChI is InChI=1S/C19H22N4O3/c1-11(2)15-9-17(23(3)22-15)18(24)21-16(19(25)26)8-12-10-20-14-7-5-4-6-13(12)14/h4-7,9-11,16,20H,8H2,1-3H3,(H,21,24)(H,25,26). The molecule has 26 heavy (non-hydrogen) atoms. The van der Waals surface area contributed by atoms with Gasteiger partial charge >= 0.3 is 5.97 Å². The number of carboxylic acids is 1. The zero-order valence-corrected chi connectivity index (χ0v) is 15.0. The number of aromatic nitrogens is 3. The second kappa shape index (κ2) is 7.03. The molecule has 0 aliphatic carbocycles. The number of nitrogens with one attached hydrogen (secondary N) is 2. The van der Waals surface area contributed by atoms with Crippen LogP contribution in [0.3, 0.4) is 0 Å². The summed E-state index contributed by atoms with van der Waals surface area (Å²) in [6.45, 7) is 3.97. The van der Waals surface area contributed by atoms with Crippen LogP contribution in [0.4, 0.5) is 0 Å². The van der Waals surface area contributed by atoms with E-state index >= 15 is 0 Å². The highest BCUT2D eigenvalue weighted by Crippen LogP contribution is 2.19. The first kappa shape index (κ1) is 17.7. The lowest BCUT2D eigenvalue weighted by molar-refractivity contribution is -0.139. The smallest absolute Gasteiger partial charge is 0.326 e. The van der Waals surface area contributed by atoms with Crippen molar-refractivity contribution < 1.29 is 14.7 Å². The lowest BCUT2D eigenvalue weighted by Crippen LogP contribution is -2.42. The Hall–Kier alpha value is -3.09. The fraction of sp³-hybridized carbons (Fsp3) is 0.316. The number of aromatic amines is 1. The maximum absolute atomic E-state index is 12.6. The highest BCUT2D eigenvalue weighted by Gasteiger charge is 2.24. The first-order valence-corrected chi connectivity index (χ1v) is 8.49. The van der Waals surface area contributed by atoms with Gasteiger partial charge in [0.1, 0.15) is 11.7 Å². The van der Waals surface area contributed by atoms with Crippen LogP contribution in [0.5, 0.6) is 0 Å². The van der Waals surface area contributed by atoms with Crippen LogP contribution >= 0.6 is 0 Å². The number of H-pyrrole nitrogens is 1. The van der Waals surface area contributed by atoms with E-state index in [1.165, 1.54) is 4.68 Å². The van der Waals surface area contributed by atoms with Crippen molar-refractivity contribution in [1.82, 2.24) is 20.1 Å². The summed E-state index contributed by atoms with van der Waals surface area (Å²) >= 11 is 0. The molecule has 7 nitrogen and oxygen atoms in total. The minimum atomic E-state index is -1.07. The van der Waals surface area contributed by atoms with Gasteiger partial charge in [-0.1, -0.05) is 32.0 Å². The number of benzene rings is 1. The third kappa shape index (κ3) is 3.46. The van der Waals surface area contributed by atoms with E-state index in [2.05, 4.69) is 15.4 Å². The summed E-state index contributed by atoms with van der Waals surface area (Å²) in [5.74, 6) is -1.33. The number of fused-ring (bicyclic) bond motifs is 1. The number of nitrogens with zero attached hydrogens (tertiary/aromatic N) is 2. The third-order valence-corrected chi connectivity index (χ3v) is 4.43. The molecule has 1 atom stereocenters. The van der Waals surface area contributed by atoms with Crippen LogP contribution in [0.1, 0.15) is 41.5 Å². The van der Waals surface area contributed by atoms with Crippen molar-refractivity contribution in [3.63, 3.8) is 0 Å². The number of carbonyl (C=O) groups excluding carboxylic acids is 1. The molecule has 3 aromatic rings. The number of aliphatic carboxylic acids is 1. The van der Waals surface area contributed by atoms with E-state index in [-0.39, 0.29) is 12.3 Å². The molecule has 1 amide bonds. The predicted molar refractivity (Wildman–Crippen MR) is 98.2 cm³/mol. The summed E-state index contributed by atoms with van der Waals surface area (Å²) in [6, 6.07) is 8.34. The maximum Gasteiger partial charge on any atom is 0.326 e. The Morgan fingerprint density at radius 2 is 2.04 bits per heavy atom. The molecule has 0 saturated heterocycles. The van der Waals surface area contributed by atoms with E-state index in [4.69, 9.17) is 0 Å². The molecule has 7 heteroatoms. The summed E-state index contributed by atoms with van der Waals surface area (Å²) in [7, 11) is 1.68. The summed E-state index contributed by atoms with van der Waals surface area (Å²) in [6.07, 6.45) is 1.98. The molecule has 0 saturated carbocycles. The topological polar surface area (TPSA) is 100 Å². The number of hydrogen-bond acceptors (Lipinski definition) is 3. The Labute approximate surface area is 151 Å². The average molecular weight is 354 g/mol. The molecule has 0 aliphatic rings. The van der Waals surface area contributed by atoms with E-state index in [9.17, 15) is 14.7 Å². The average Bonchev–Trinajstić information content (AvgIpc) is 3.18. The normalized spacial score (nSPS) is 12.5. The van der Waals surface area contributed by atoms with Gasteiger partial charge in [-0.3, -0.25) is 9.48 Å². The number of hydrogen-bond donors (Lipinski definition) is 3. The van der Waals surface area contributed by atoms with E-state index < -0.39 is 17.9 Å². The second-order valence-corrected chi connectivity index (χ2v) is 6.66. The molecule has 1 unspecified atom stereocenters. The van der Waals surface area contributed by atoms with Gasteiger partial charge in [-0.2, -0.15) is 5.10 Å². The van der Waals surface area contributed by atoms with Gasteiger partial charge in [0.2, 0.25) is 0 Å². The minimum Gasteiger partial charge on any atom is -0.480 e. The molecule has 2 aromatic heterocycles. The highest BCUT2D eigenvalue weighted by atomic mass is 16.4. The molecular weight excluding hydrogens is 332 g/mol. The van der Waals surface area contributed by atoms with Crippen LogP contribution < -0.4 is 5.32 Å². The van der Waals surface area contributed by atoms with Gasteiger partial charge < -0.3 is 15.4 Å². The first-order valence-electron chi connectivity index (χ1n) is 8.49. The Bertz CT molecular complexity index is 955. The van der Waals surface area contributed by atoms with Gasteiger partial charge in [0.15, 0.2) is 0 Å². The minimum absolute atomic E-state index is 0.184. The molecule has 3 rings (SSSR count). The quantitative estimate of drug-likeness (QED) is 0.633. The van der Waals surface area contributed by atoms with Crippen molar-refractivity contribution in [2.24, 2.45) is 7.05 Å². The zero-order chi connectivity index (χ0) is 18.8. The Morgan fingerprint density at radius 3 is 2.69 bits per heavy atom. The number of carbonyl (C=O) groups is 2. The molecule has 0 fully saturated rings. The van der Waals surface area contributed by atoms with Crippen molar-refractivity contribution >= 4 is 22.8 Å². The molecule has 0 radical (unpaired) electrons. The van der Waals surface area contributed by atoms with E-state index in [0.717, 1.165) is 22.2 Å². The molecule has 0 aliphatic heterocycles. The van der Waals surface area contributed by atoms with E-state index in [1.54, 1.807) is 19.3 Å². The van der Waals surface area contributed by atoms with Gasteiger partial charge in [-0.15, -0.1) is 0 Å². The van der Waals surface area contributed by atoms with Crippen molar-refractivity contribution in [1.29, 1.82) is 0 Å². The highest BCUT2D eigenvalue weighted by molar-refractivity contribution is 5.95. The Balaban J connectivity index is 1.80. The lowest BCUT2D eigenvalue weighted by Gasteiger charge is -2.14. The fourth-order valence-electron chi connectivity index (χ4n) is 2.94. The largest absolute Gasteiger partial charge is 0.480 e. The van der Waals surface area contributed by atoms with Crippen molar-refractivity contribution in [3.8, 4) is 0 Å². The first-order chi connectivity index (χ1) is 12.4. The van der Waals surface area contributed by atoms with E-state index in [0.29, 0.717) is 5.69 Å². The SMILES string of the molecule is CC(C)c1cc(C(=O)NC(Cc2c[nH]c3ccccc23)C(=O)O)n(C)n1. The number of rotatable bonds is 6. The monoisotopic (exact) mass is 354 g/mol. The predicted octanol–water partition coefficient (Wildman–Crippen LogP) is 2.45. The molecule has 1 aromatic carbocycles. The molecule has 0 spiro atoms. The van der Waals surface area contributed by atoms with Crippen LogP contribution in [-0.2, 0) is 18.3 Å². The number of carboxylic acid groups (broad SMARTS) is 1. The molecule has 0 bridgehead atoms. The van der Waals surface area contributed by atoms with Crippen LogP contribution in [-0.4, -0.2) is 37.8 Å². The van der Waals surface area contributed by atoms with Crippen molar-refractivity contribution in [2.45, 2.75) is 32.2 Å². The molecular formula is C19H22N4O3. The van der Waals surface area contributed by atoms with Gasteiger partial charge in [-0.25, -0.2) is 4.79 Å². The molecule has 136 valence electrons. The second-order valence-electron chi connectivity index (χ2n) is 6.66.